The van der Waals surface area contributed by atoms with Crippen LogP contribution in [0.4, 0.5) is 5.69 Å². The molecular formula is C24H26N2O4S. The number of ether oxygens (including phenoxy) is 1. The van der Waals surface area contributed by atoms with Crippen molar-refractivity contribution in [3.8, 4) is 5.75 Å². The first-order valence-electron chi connectivity index (χ1n) is 9.85. The van der Waals surface area contributed by atoms with Gasteiger partial charge < -0.3 is 10.1 Å². The van der Waals surface area contributed by atoms with Crippen molar-refractivity contribution in [2.24, 2.45) is 0 Å². The van der Waals surface area contributed by atoms with E-state index in [4.69, 9.17) is 4.74 Å². The normalized spacial score (nSPS) is 12.1. The number of hydrogen-bond donors (Lipinski definition) is 2. The van der Waals surface area contributed by atoms with Crippen LogP contribution >= 0.6 is 0 Å². The van der Waals surface area contributed by atoms with Crippen LogP contribution < -0.4 is 14.8 Å². The number of rotatable bonds is 7. The molecule has 1 atom stereocenters. The summed E-state index contributed by atoms with van der Waals surface area (Å²) in [5.74, 6) is 0.289. The highest BCUT2D eigenvalue weighted by atomic mass is 32.2. The zero-order valence-corrected chi connectivity index (χ0v) is 18.8. The molecule has 1 amide bonds. The van der Waals surface area contributed by atoms with Crippen LogP contribution in [-0.2, 0) is 10.0 Å². The predicted molar refractivity (Wildman–Crippen MR) is 122 cm³/mol. The Hall–Kier alpha value is -3.32. The number of sulfonamides is 1. The number of methoxy groups -OCH3 is 1. The third-order valence-electron chi connectivity index (χ3n) is 5.12. The quantitative estimate of drug-likeness (QED) is 0.564. The van der Waals surface area contributed by atoms with Crippen molar-refractivity contribution in [2.45, 2.75) is 31.7 Å². The summed E-state index contributed by atoms with van der Waals surface area (Å²) in [4.78, 5) is 12.9. The van der Waals surface area contributed by atoms with Crippen molar-refractivity contribution in [2.75, 3.05) is 11.8 Å². The maximum atomic E-state index is 12.8. The third kappa shape index (κ3) is 5.24. The monoisotopic (exact) mass is 438 g/mol. The molecule has 0 unspecified atom stereocenters. The van der Waals surface area contributed by atoms with Gasteiger partial charge in [-0.1, -0.05) is 30.3 Å². The van der Waals surface area contributed by atoms with E-state index < -0.39 is 10.0 Å². The number of carbonyl (C=O) groups is 1. The third-order valence-corrected chi connectivity index (χ3v) is 6.50. The fourth-order valence-corrected chi connectivity index (χ4v) is 4.38. The fourth-order valence-electron chi connectivity index (χ4n) is 3.26. The lowest BCUT2D eigenvalue weighted by molar-refractivity contribution is 0.0940. The topological polar surface area (TPSA) is 84.5 Å². The number of hydrogen-bond acceptors (Lipinski definition) is 4. The van der Waals surface area contributed by atoms with Crippen LogP contribution in [0.5, 0.6) is 5.75 Å². The Morgan fingerprint density at radius 1 is 0.935 bits per heavy atom. The van der Waals surface area contributed by atoms with E-state index in [1.807, 2.05) is 38.1 Å². The molecule has 0 bridgehead atoms. The molecule has 3 rings (SSSR count). The van der Waals surface area contributed by atoms with Crippen molar-refractivity contribution in [1.82, 2.24) is 5.32 Å². The van der Waals surface area contributed by atoms with Gasteiger partial charge in [0, 0.05) is 5.56 Å². The first-order chi connectivity index (χ1) is 14.7. The SMILES string of the molecule is COc1ccc(S(=O)(=O)Nc2cc(C(=O)N[C@H](C)c3ccccc3C)ccc2C)cc1. The molecule has 0 aliphatic rings. The Balaban J connectivity index is 1.80. The lowest BCUT2D eigenvalue weighted by Crippen LogP contribution is -2.27. The Morgan fingerprint density at radius 2 is 1.61 bits per heavy atom. The van der Waals surface area contributed by atoms with Gasteiger partial charge in [-0.05, 0) is 73.9 Å². The van der Waals surface area contributed by atoms with Crippen LogP contribution in [0.2, 0.25) is 0 Å². The molecule has 0 saturated heterocycles. The molecule has 31 heavy (non-hydrogen) atoms. The summed E-state index contributed by atoms with van der Waals surface area (Å²) < 4.78 is 33.2. The lowest BCUT2D eigenvalue weighted by Gasteiger charge is -2.17. The summed E-state index contributed by atoms with van der Waals surface area (Å²) in [7, 11) is -2.30. The molecule has 0 saturated carbocycles. The summed E-state index contributed by atoms with van der Waals surface area (Å²) in [6, 6.07) is 18.7. The van der Waals surface area contributed by atoms with Gasteiger partial charge in [-0.3, -0.25) is 9.52 Å². The average Bonchev–Trinajstić information content (AvgIpc) is 2.75. The van der Waals surface area contributed by atoms with Crippen LogP contribution in [0, 0.1) is 13.8 Å². The fraction of sp³-hybridized carbons (Fsp3) is 0.208. The van der Waals surface area contributed by atoms with Gasteiger partial charge >= 0.3 is 0 Å². The smallest absolute Gasteiger partial charge is 0.261 e. The minimum absolute atomic E-state index is 0.107. The van der Waals surface area contributed by atoms with Crippen LogP contribution in [0.15, 0.2) is 71.6 Å². The number of aryl methyl sites for hydroxylation is 2. The molecule has 0 aliphatic carbocycles. The van der Waals surface area contributed by atoms with Crippen molar-refractivity contribution < 1.29 is 17.9 Å². The van der Waals surface area contributed by atoms with Crippen LogP contribution in [0.1, 0.15) is 40.0 Å². The standard InChI is InChI=1S/C24H26N2O4S/c1-16-7-5-6-8-22(16)18(3)25-24(27)19-10-9-17(2)23(15-19)26-31(28,29)21-13-11-20(30-4)12-14-21/h5-15,18,26H,1-4H3,(H,25,27)/t18-/m1/s1. The van der Waals surface area contributed by atoms with E-state index in [0.717, 1.165) is 11.1 Å². The van der Waals surface area contributed by atoms with Gasteiger partial charge in [0.2, 0.25) is 0 Å². The molecule has 6 nitrogen and oxygen atoms in total. The predicted octanol–water partition coefficient (Wildman–Crippen LogP) is 4.60. The van der Waals surface area contributed by atoms with Gasteiger partial charge in [0.05, 0.1) is 23.7 Å². The number of nitrogens with one attached hydrogen (secondary N) is 2. The van der Waals surface area contributed by atoms with Gasteiger partial charge in [-0.2, -0.15) is 0 Å². The largest absolute Gasteiger partial charge is 0.497 e. The van der Waals surface area contributed by atoms with Crippen molar-refractivity contribution in [3.05, 3.63) is 89.0 Å². The van der Waals surface area contributed by atoms with Crippen molar-refractivity contribution >= 4 is 21.6 Å². The zero-order valence-electron chi connectivity index (χ0n) is 18.0. The van der Waals surface area contributed by atoms with Gasteiger partial charge in [0.1, 0.15) is 5.75 Å². The second-order valence-electron chi connectivity index (χ2n) is 7.36. The van der Waals surface area contributed by atoms with E-state index in [2.05, 4.69) is 10.0 Å². The Morgan fingerprint density at radius 3 is 2.26 bits per heavy atom. The highest BCUT2D eigenvalue weighted by molar-refractivity contribution is 7.92. The summed E-state index contributed by atoms with van der Waals surface area (Å²) in [6.07, 6.45) is 0. The van der Waals surface area contributed by atoms with Gasteiger partial charge in [-0.25, -0.2) is 8.42 Å². The number of amides is 1. The van der Waals surface area contributed by atoms with Gasteiger partial charge in [-0.15, -0.1) is 0 Å². The van der Waals surface area contributed by atoms with E-state index in [1.165, 1.54) is 19.2 Å². The maximum absolute atomic E-state index is 12.8. The highest BCUT2D eigenvalue weighted by Gasteiger charge is 2.18. The number of benzene rings is 3. The van der Waals surface area contributed by atoms with Gasteiger partial charge in [0.25, 0.3) is 15.9 Å². The highest BCUT2D eigenvalue weighted by Crippen LogP contribution is 2.24. The molecule has 0 radical (unpaired) electrons. The van der Waals surface area contributed by atoms with E-state index in [-0.39, 0.29) is 16.8 Å². The average molecular weight is 439 g/mol. The summed E-state index contributed by atoms with van der Waals surface area (Å²) >= 11 is 0. The van der Waals surface area contributed by atoms with E-state index >= 15 is 0 Å². The van der Waals surface area contributed by atoms with Gasteiger partial charge in [0.15, 0.2) is 0 Å². The summed E-state index contributed by atoms with van der Waals surface area (Å²) in [5.41, 5.74) is 3.56. The second-order valence-corrected chi connectivity index (χ2v) is 9.04. The number of carbonyl (C=O) groups excluding carboxylic acids is 1. The first-order valence-corrected chi connectivity index (χ1v) is 11.3. The molecule has 0 heterocycles. The molecule has 0 aromatic heterocycles. The molecule has 0 fully saturated rings. The Bertz CT molecular complexity index is 1190. The molecule has 0 aliphatic heterocycles. The van der Waals surface area contributed by atoms with Crippen LogP contribution in [0.3, 0.4) is 0 Å². The first kappa shape index (κ1) is 22.4. The van der Waals surface area contributed by atoms with Crippen molar-refractivity contribution in [1.29, 1.82) is 0 Å². The van der Waals surface area contributed by atoms with E-state index in [0.29, 0.717) is 22.6 Å². The van der Waals surface area contributed by atoms with Crippen LogP contribution in [0.25, 0.3) is 0 Å². The minimum atomic E-state index is -3.81. The maximum Gasteiger partial charge on any atom is 0.261 e. The molecular weight excluding hydrogens is 412 g/mol. The molecule has 3 aromatic rings. The molecule has 2 N–H and O–H groups in total. The lowest BCUT2D eigenvalue weighted by atomic mass is 10.0. The van der Waals surface area contributed by atoms with Crippen LogP contribution in [-0.4, -0.2) is 21.4 Å². The molecule has 0 spiro atoms. The van der Waals surface area contributed by atoms with E-state index in [1.54, 1.807) is 37.3 Å². The minimum Gasteiger partial charge on any atom is -0.497 e. The second kappa shape index (κ2) is 9.22. The van der Waals surface area contributed by atoms with Crippen molar-refractivity contribution in [3.63, 3.8) is 0 Å². The summed E-state index contributed by atoms with van der Waals surface area (Å²) in [5, 5.41) is 2.98. The van der Waals surface area contributed by atoms with E-state index in [9.17, 15) is 13.2 Å². The Labute approximate surface area is 183 Å². The summed E-state index contributed by atoms with van der Waals surface area (Å²) in [6.45, 7) is 5.70. The zero-order chi connectivity index (χ0) is 22.6. The molecule has 3 aromatic carbocycles. The number of anilines is 1. The Kier molecular flexibility index (Phi) is 6.65. The molecule has 162 valence electrons. The molecule has 7 heteroatoms.